The molecule has 114 valence electrons. The molecule has 0 bridgehead atoms. The van der Waals surface area contributed by atoms with Crippen molar-refractivity contribution in [1.82, 2.24) is 4.90 Å². The number of thioether (sulfide) groups is 1. The number of benzene rings is 1. The average Bonchev–Trinajstić information content (AvgIpc) is 2.84. The van der Waals surface area contributed by atoms with E-state index in [1.807, 2.05) is 43.1 Å². The van der Waals surface area contributed by atoms with Crippen LogP contribution in [0, 0.1) is 0 Å². The summed E-state index contributed by atoms with van der Waals surface area (Å²) < 4.78 is 5.50. The molecule has 1 aromatic heterocycles. The predicted molar refractivity (Wildman–Crippen MR) is 87.1 cm³/mol. The molecule has 0 aliphatic carbocycles. The number of rotatable bonds is 7. The molecule has 1 N–H and O–H groups in total. The van der Waals surface area contributed by atoms with Gasteiger partial charge in [-0.15, -0.1) is 0 Å². The quantitative estimate of drug-likeness (QED) is 0.845. The van der Waals surface area contributed by atoms with Crippen LogP contribution in [0.5, 0.6) is 0 Å². The first-order valence-corrected chi connectivity index (χ1v) is 8.40. The maximum atomic E-state index is 11.4. The lowest BCUT2D eigenvalue weighted by Gasteiger charge is -2.26. The summed E-state index contributed by atoms with van der Waals surface area (Å²) in [5.41, 5.74) is 1.40. The van der Waals surface area contributed by atoms with E-state index in [0.29, 0.717) is 18.2 Å². The summed E-state index contributed by atoms with van der Waals surface area (Å²) in [4.78, 5) is 13.6. The van der Waals surface area contributed by atoms with Gasteiger partial charge >= 0.3 is 5.97 Å². The second-order valence-corrected chi connectivity index (χ2v) is 6.05. The van der Waals surface area contributed by atoms with Crippen molar-refractivity contribution in [2.45, 2.75) is 25.9 Å². The number of carbonyl (C=O) groups is 1. The average molecular weight is 307 g/mol. The number of carboxylic acid groups (broad SMARTS) is 1. The molecule has 21 heavy (non-hydrogen) atoms. The third kappa shape index (κ3) is 3.41. The second-order valence-electron chi connectivity index (χ2n) is 5.14. The molecule has 0 amide bonds. The van der Waals surface area contributed by atoms with Crippen molar-refractivity contribution in [2.75, 3.05) is 19.1 Å². The zero-order valence-corrected chi connectivity index (χ0v) is 13.4. The highest BCUT2D eigenvalue weighted by molar-refractivity contribution is 7.98. The summed E-state index contributed by atoms with van der Waals surface area (Å²) in [6, 6.07) is 7.92. The van der Waals surface area contributed by atoms with E-state index in [-0.39, 0.29) is 5.76 Å². The fourth-order valence-corrected chi connectivity index (χ4v) is 3.43. The SMILES string of the molecule is CCC(CSC)N(C)Cc1c(C(=O)O)oc2ccccc12. The fourth-order valence-electron chi connectivity index (χ4n) is 2.56. The first kappa shape index (κ1) is 15.9. The zero-order valence-electron chi connectivity index (χ0n) is 12.6. The second kappa shape index (κ2) is 7.00. The van der Waals surface area contributed by atoms with Gasteiger partial charge < -0.3 is 9.52 Å². The molecule has 0 saturated carbocycles. The van der Waals surface area contributed by atoms with Crippen LogP contribution in [0.15, 0.2) is 28.7 Å². The van der Waals surface area contributed by atoms with Crippen molar-refractivity contribution in [3.05, 3.63) is 35.6 Å². The molecule has 0 aliphatic rings. The Hall–Kier alpha value is -1.46. The first-order chi connectivity index (χ1) is 10.1. The van der Waals surface area contributed by atoms with E-state index < -0.39 is 5.97 Å². The topological polar surface area (TPSA) is 53.7 Å². The minimum atomic E-state index is -1.01. The lowest BCUT2D eigenvalue weighted by atomic mass is 10.1. The highest BCUT2D eigenvalue weighted by atomic mass is 32.2. The highest BCUT2D eigenvalue weighted by Gasteiger charge is 2.22. The molecular weight excluding hydrogens is 286 g/mol. The molecule has 4 nitrogen and oxygen atoms in total. The van der Waals surface area contributed by atoms with Gasteiger partial charge in [0.15, 0.2) is 0 Å². The number of furan rings is 1. The van der Waals surface area contributed by atoms with Crippen molar-refractivity contribution in [3.8, 4) is 0 Å². The Labute approximate surface area is 129 Å². The lowest BCUT2D eigenvalue weighted by Crippen LogP contribution is -2.33. The number of nitrogens with zero attached hydrogens (tertiary/aromatic N) is 1. The van der Waals surface area contributed by atoms with Gasteiger partial charge in [-0.1, -0.05) is 25.1 Å². The van der Waals surface area contributed by atoms with Gasteiger partial charge in [-0.2, -0.15) is 11.8 Å². The predicted octanol–water partition coefficient (Wildman–Crippen LogP) is 3.70. The van der Waals surface area contributed by atoms with E-state index in [4.69, 9.17) is 4.42 Å². The number of carboxylic acids is 1. The Bertz CT molecular complexity index is 623. The Balaban J connectivity index is 2.36. The first-order valence-electron chi connectivity index (χ1n) is 7.01. The van der Waals surface area contributed by atoms with Gasteiger partial charge in [0.05, 0.1) is 0 Å². The molecule has 1 heterocycles. The van der Waals surface area contributed by atoms with Crippen molar-refractivity contribution in [1.29, 1.82) is 0 Å². The maximum Gasteiger partial charge on any atom is 0.372 e. The minimum Gasteiger partial charge on any atom is -0.475 e. The number of aromatic carboxylic acids is 1. The standard InChI is InChI=1S/C16H21NO3S/c1-4-11(10-21-3)17(2)9-13-12-7-5-6-8-14(12)20-15(13)16(18)19/h5-8,11H,4,9-10H2,1-3H3,(H,18,19). The Morgan fingerprint density at radius 1 is 1.43 bits per heavy atom. The van der Waals surface area contributed by atoms with Gasteiger partial charge in [0.25, 0.3) is 0 Å². The molecule has 0 aliphatic heterocycles. The minimum absolute atomic E-state index is 0.0575. The van der Waals surface area contributed by atoms with E-state index in [2.05, 4.69) is 18.1 Å². The third-order valence-corrected chi connectivity index (χ3v) is 4.47. The van der Waals surface area contributed by atoms with Gasteiger partial charge in [0, 0.05) is 29.3 Å². The molecule has 2 aromatic rings. The molecule has 0 radical (unpaired) electrons. The molecule has 0 spiro atoms. The molecule has 0 saturated heterocycles. The summed E-state index contributed by atoms with van der Waals surface area (Å²) in [5, 5.41) is 10.3. The lowest BCUT2D eigenvalue weighted by molar-refractivity contribution is 0.0661. The molecule has 1 unspecified atom stereocenters. The Morgan fingerprint density at radius 3 is 2.76 bits per heavy atom. The van der Waals surface area contributed by atoms with Crippen LogP contribution in [-0.4, -0.2) is 41.1 Å². The summed E-state index contributed by atoms with van der Waals surface area (Å²) in [5.74, 6) is 0.0835. The molecule has 1 aromatic carbocycles. The van der Waals surface area contributed by atoms with Gasteiger partial charge in [-0.25, -0.2) is 4.79 Å². The van der Waals surface area contributed by atoms with Crippen LogP contribution in [0.25, 0.3) is 11.0 Å². The summed E-state index contributed by atoms with van der Waals surface area (Å²) in [6.07, 6.45) is 3.13. The van der Waals surface area contributed by atoms with Gasteiger partial charge in [0.2, 0.25) is 5.76 Å². The molecule has 5 heteroatoms. The maximum absolute atomic E-state index is 11.4. The van der Waals surface area contributed by atoms with Crippen LogP contribution >= 0.6 is 11.8 Å². The van der Waals surface area contributed by atoms with E-state index in [9.17, 15) is 9.90 Å². The molecule has 0 fully saturated rings. The monoisotopic (exact) mass is 307 g/mol. The van der Waals surface area contributed by atoms with Gasteiger partial charge in [-0.05, 0) is 25.8 Å². The van der Waals surface area contributed by atoms with E-state index >= 15 is 0 Å². The van der Waals surface area contributed by atoms with Crippen molar-refractivity contribution in [3.63, 3.8) is 0 Å². The normalized spacial score (nSPS) is 13.0. The Morgan fingerprint density at radius 2 is 2.14 bits per heavy atom. The summed E-state index contributed by atoms with van der Waals surface area (Å²) in [7, 11) is 2.04. The van der Waals surface area contributed by atoms with Crippen molar-refractivity contribution >= 4 is 28.7 Å². The van der Waals surface area contributed by atoms with Crippen LogP contribution in [0.1, 0.15) is 29.5 Å². The van der Waals surface area contributed by atoms with Crippen LogP contribution in [0.4, 0.5) is 0 Å². The third-order valence-electron chi connectivity index (χ3n) is 3.75. The summed E-state index contributed by atoms with van der Waals surface area (Å²) in [6.45, 7) is 2.74. The molecular formula is C16H21NO3S. The van der Waals surface area contributed by atoms with Crippen LogP contribution in [-0.2, 0) is 6.54 Å². The zero-order chi connectivity index (χ0) is 15.4. The molecule has 2 rings (SSSR count). The van der Waals surface area contributed by atoms with Crippen molar-refractivity contribution < 1.29 is 14.3 Å². The largest absolute Gasteiger partial charge is 0.475 e. The smallest absolute Gasteiger partial charge is 0.372 e. The summed E-state index contributed by atoms with van der Waals surface area (Å²) >= 11 is 1.81. The van der Waals surface area contributed by atoms with Crippen LogP contribution in [0.2, 0.25) is 0 Å². The number of hydrogen-bond donors (Lipinski definition) is 1. The number of fused-ring (bicyclic) bond motifs is 1. The van der Waals surface area contributed by atoms with Crippen LogP contribution in [0.3, 0.4) is 0 Å². The van der Waals surface area contributed by atoms with Gasteiger partial charge in [-0.3, -0.25) is 4.90 Å². The fraction of sp³-hybridized carbons (Fsp3) is 0.438. The van der Waals surface area contributed by atoms with E-state index in [1.54, 1.807) is 0 Å². The van der Waals surface area contributed by atoms with Gasteiger partial charge in [0.1, 0.15) is 5.58 Å². The van der Waals surface area contributed by atoms with E-state index in [1.165, 1.54) is 0 Å². The van der Waals surface area contributed by atoms with Crippen molar-refractivity contribution in [2.24, 2.45) is 0 Å². The molecule has 1 atom stereocenters. The number of hydrogen-bond acceptors (Lipinski definition) is 4. The Kier molecular flexibility index (Phi) is 5.31. The van der Waals surface area contributed by atoms with Crippen LogP contribution < -0.4 is 0 Å². The number of para-hydroxylation sites is 1. The highest BCUT2D eigenvalue weighted by Crippen LogP contribution is 2.27. The van der Waals surface area contributed by atoms with E-state index in [0.717, 1.165) is 23.1 Å².